The Morgan fingerprint density at radius 3 is 2.29 bits per heavy atom. The van der Waals surface area contributed by atoms with E-state index in [1.165, 1.54) is 0 Å². The summed E-state index contributed by atoms with van der Waals surface area (Å²) >= 11 is 0. The van der Waals surface area contributed by atoms with Gasteiger partial charge in [-0.25, -0.2) is 4.39 Å². The Morgan fingerprint density at radius 2 is 1.93 bits per heavy atom. The summed E-state index contributed by atoms with van der Waals surface area (Å²) in [5.41, 5.74) is 6.52. The average molecular weight is 218 g/mol. The van der Waals surface area contributed by atoms with Crippen molar-refractivity contribution in [1.82, 2.24) is 0 Å². The molecule has 1 atom stereocenters. The van der Waals surface area contributed by atoms with Gasteiger partial charge in [-0.15, -0.1) is 12.4 Å². The lowest BCUT2D eigenvalue weighted by Crippen LogP contribution is -2.26. The van der Waals surface area contributed by atoms with E-state index in [4.69, 9.17) is 5.73 Å². The Hall–Kier alpha value is -0.930. The molecule has 0 radical (unpaired) electrons. The van der Waals surface area contributed by atoms with Crippen molar-refractivity contribution in [2.45, 2.75) is 19.6 Å². The quantitative estimate of drug-likeness (QED) is 0.788. The van der Waals surface area contributed by atoms with E-state index in [9.17, 15) is 9.18 Å². The van der Waals surface area contributed by atoms with E-state index in [0.29, 0.717) is 11.1 Å². The summed E-state index contributed by atoms with van der Waals surface area (Å²) in [6.07, 6.45) is 0. The van der Waals surface area contributed by atoms with Crippen LogP contribution < -0.4 is 5.73 Å². The molecule has 2 N–H and O–H groups in total. The van der Waals surface area contributed by atoms with Crippen LogP contribution in [0.1, 0.15) is 22.8 Å². The van der Waals surface area contributed by atoms with Crippen LogP contribution in [0.25, 0.3) is 0 Å². The van der Waals surface area contributed by atoms with Crippen LogP contribution in [0.5, 0.6) is 0 Å². The standard InChI is InChI=1S/C10H12FNO.ClH/c1-7(12)10(13)9-4-2-8(6-11)3-5-9;/h2-5,7H,6,12H2,1H3;1H/t7-;/m0./s1. The summed E-state index contributed by atoms with van der Waals surface area (Å²) in [5.74, 6) is -0.120. The lowest BCUT2D eigenvalue weighted by atomic mass is 10.0. The van der Waals surface area contributed by atoms with E-state index in [2.05, 4.69) is 0 Å². The smallest absolute Gasteiger partial charge is 0.179 e. The van der Waals surface area contributed by atoms with Gasteiger partial charge in [0.2, 0.25) is 0 Å². The highest BCUT2D eigenvalue weighted by molar-refractivity contribution is 5.99. The number of carbonyl (C=O) groups is 1. The Balaban J connectivity index is 0.00000169. The van der Waals surface area contributed by atoms with Crippen LogP contribution in [0, 0.1) is 0 Å². The molecule has 4 heteroatoms. The Bertz CT molecular complexity index is 297. The molecule has 0 spiro atoms. The van der Waals surface area contributed by atoms with Crippen molar-refractivity contribution in [2.75, 3.05) is 0 Å². The molecule has 0 aliphatic rings. The van der Waals surface area contributed by atoms with Gasteiger partial charge in [-0.3, -0.25) is 4.79 Å². The molecule has 1 rings (SSSR count). The number of alkyl halides is 1. The summed E-state index contributed by atoms with van der Waals surface area (Å²) in [4.78, 5) is 11.3. The second-order valence-electron chi connectivity index (χ2n) is 2.98. The third-order valence-corrected chi connectivity index (χ3v) is 1.81. The minimum Gasteiger partial charge on any atom is -0.321 e. The number of carbonyl (C=O) groups excluding carboxylic acids is 1. The van der Waals surface area contributed by atoms with E-state index in [1.807, 2.05) is 0 Å². The van der Waals surface area contributed by atoms with E-state index < -0.39 is 12.7 Å². The highest BCUT2D eigenvalue weighted by Crippen LogP contribution is 2.07. The van der Waals surface area contributed by atoms with Gasteiger partial charge >= 0.3 is 0 Å². The maximum absolute atomic E-state index is 12.1. The number of halogens is 2. The predicted octanol–water partition coefficient (Wildman–Crippen LogP) is 2.11. The zero-order valence-electron chi connectivity index (χ0n) is 7.87. The third kappa shape index (κ3) is 3.09. The van der Waals surface area contributed by atoms with Gasteiger partial charge in [0, 0.05) is 5.56 Å². The highest BCUT2D eigenvalue weighted by atomic mass is 35.5. The minimum absolute atomic E-state index is 0. The number of Topliss-reactive ketones (excluding diaryl/α,β-unsaturated/α-hetero) is 1. The van der Waals surface area contributed by atoms with E-state index in [0.717, 1.165) is 0 Å². The second-order valence-corrected chi connectivity index (χ2v) is 2.98. The summed E-state index contributed by atoms with van der Waals surface area (Å²) in [5, 5.41) is 0. The molecule has 0 fully saturated rings. The van der Waals surface area contributed by atoms with Crippen molar-refractivity contribution in [2.24, 2.45) is 5.73 Å². The van der Waals surface area contributed by atoms with Crippen molar-refractivity contribution in [3.63, 3.8) is 0 Å². The first kappa shape index (κ1) is 13.1. The summed E-state index contributed by atoms with van der Waals surface area (Å²) in [6, 6.07) is 5.88. The van der Waals surface area contributed by atoms with Crippen molar-refractivity contribution in [3.05, 3.63) is 35.4 Å². The average Bonchev–Trinajstić information content (AvgIpc) is 2.17. The fourth-order valence-electron chi connectivity index (χ4n) is 1.02. The molecule has 0 unspecified atom stereocenters. The van der Waals surface area contributed by atoms with Gasteiger partial charge in [0.1, 0.15) is 6.67 Å². The van der Waals surface area contributed by atoms with Crippen LogP contribution in [0.15, 0.2) is 24.3 Å². The molecule has 0 saturated carbocycles. The first-order valence-electron chi connectivity index (χ1n) is 4.10. The predicted molar refractivity (Wildman–Crippen MR) is 56.5 cm³/mol. The van der Waals surface area contributed by atoms with Crippen molar-refractivity contribution in [3.8, 4) is 0 Å². The van der Waals surface area contributed by atoms with Gasteiger partial charge in [0.05, 0.1) is 6.04 Å². The molecular weight excluding hydrogens is 205 g/mol. The molecule has 0 aromatic heterocycles. The van der Waals surface area contributed by atoms with Crippen LogP contribution in [-0.2, 0) is 6.67 Å². The molecule has 14 heavy (non-hydrogen) atoms. The molecular formula is C10H13ClFNO. The van der Waals surface area contributed by atoms with Crippen molar-refractivity contribution in [1.29, 1.82) is 0 Å². The van der Waals surface area contributed by atoms with Crippen molar-refractivity contribution >= 4 is 18.2 Å². The first-order valence-corrected chi connectivity index (χ1v) is 4.10. The highest BCUT2D eigenvalue weighted by Gasteiger charge is 2.09. The second kappa shape index (κ2) is 5.73. The normalized spacial score (nSPS) is 11.6. The van der Waals surface area contributed by atoms with Crippen molar-refractivity contribution < 1.29 is 9.18 Å². The largest absolute Gasteiger partial charge is 0.321 e. The van der Waals surface area contributed by atoms with Crippen LogP contribution >= 0.6 is 12.4 Å². The number of nitrogens with two attached hydrogens (primary N) is 1. The number of rotatable bonds is 3. The minimum atomic E-state index is -0.507. The van der Waals surface area contributed by atoms with Crippen LogP contribution in [-0.4, -0.2) is 11.8 Å². The monoisotopic (exact) mass is 217 g/mol. The maximum atomic E-state index is 12.1. The number of hydrogen-bond donors (Lipinski definition) is 1. The molecule has 0 bridgehead atoms. The SMILES string of the molecule is C[C@H](N)C(=O)c1ccc(CF)cc1.Cl. The molecule has 0 aliphatic heterocycles. The van der Waals surface area contributed by atoms with E-state index in [-0.39, 0.29) is 18.2 Å². The lowest BCUT2D eigenvalue weighted by molar-refractivity contribution is 0.0968. The molecule has 0 amide bonds. The van der Waals surface area contributed by atoms with Gasteiger partial charge in [-0.2, -0.15) is 0 Å². The molecule has 0 saturated heterocycles. The zero-order chi connectivity index (χ0) is 9.84. The summed E-state index contributed by atoms with van der Waals surface area (Å²) in [7, 11) is 0. The Labute approximate surface area is 88.7 Å². The molecule has 2 nitrogen and oxygen atoms in total. The third-order valence-electron chi connectivity index (χ3n) is 1.81. The van der Waals surface area contributed by atoms with Gasteiger partial charge < -0.3 is 5.73 Å². The van der Waals surface area contributed by atoms with Gasteiger partial charge in [0.15, 0.2) is 5.78 Å². The van der Waals surface area contributed by atoms with E-state index in [1.54, 1.807) is 31.2 Å². The number of benzene rings is 1. The Morgan fingerprint density at radius 1 is 1.43 bits per heavy atom. The number of hydrogen-bond acceptors (Lipinski definition) is 2. The fourth-order valence-corrected chi connectivity index (χ4v) is 1.02. The van der Waals surface area contributed by atoms with E-state index >= 15 is 0 Å². The Kier molecular flexibility index (Phi) is 5.35. The van der Waals surface area contributed by atoms with Crippen LogP contribution in [0.3, 0.4) is 0 Å². The molecule has 0 heterocycles. The zero-order valence-corrected chi connectivity index (χ0v) is 8.68. The lowest BCUT2D eigenvalue weighted by Gasteiger charge is -2.04. The fraction of sp³-hybridized carbons (Fsp3) is 0.300. The number of ketones is 1. The van der Waals surface area contributed by atoms with Gasteiger partial charge in [0.25, 0.3) is 0 Å². The van der Waals surface area contributed by atoms with Gasteiger partial charge in [-0.05, 0) is 12.5 Å². The van der Waals surface area contributed by atoms with Crippen LogP contribution in [0.4, 0.5) is 4.39 Å². The maximum Gasteiger partial charge on any atom is 0.179 e. The summed E-state index contributed by atoms with van der Waals surface area (Å²) in [6.45, 7) is 1.12. The molecule has 1 aromatic rings. The molecule has 1 aromatic carbocycles. The van der Waals surface area contributed by atoms with Crippen LogP contribution in [0.2, 0.25) is 0 Å². The van der Waals surface area contributed by atoms with Gasteiger partial charge in [-0.1, -0.05) is 24.3 Å². The first-order chi connectivity index (χ1) is 6.15. The summed E-state index contributed by atoms with van der Waals surface area (Å²) < 4.78 is 12.1. The molecule has 78 valence electrons. The topological polar surface area (TPSA) is 43.1 Å². The molecule has 0 aliphatic carbocycles.